The van der Waals surface area contributed by atoms with E-state index in [0.717, 1.165) is 31.8 Å². The highest BCUT2D eigenvalue weighted by Gasteiger charge is 2.06. The van der Waals surface area contributed by atoms with Crippen LogP contribution in [-0.2, 0) is 4.74 Å². The Balaban J connectivity index is 1.98. The topological polar surface area (TPSA) is 18.5 Å². The van der Waals surface area contributed by atoms with Crippen LogP contribution in [0.25, 0.3) is 11.1 Å². The zero-order chi connectivity index (χ0) is 16.5. The number of benzene rings is 2. The van der Waals surface area contributed by atoms with E-state index >= 15 is 0 Å². The van der Waals surface area contributed by atoms with Gasteiger partial charge in [-0.2, -0.15) is 0 Å². The lowest BCUT2D eigenvalue weighted by atomic mass is 10.0. The van der Waals surface area contributed by atoms with E-state index < -0.39 is 0 Å². The van der Waals surface area contributed by atoms with Gasteiger partial charge in [-0.15, -0.1) is 0 Å². The summed E-state index contributed by atoms with van der Waals surface area (Å²) in [6.45, 7) is 8.01. The monoisotopic (exact) mass is 312 g/mol. The van der Waals surface area contributed by atoms with Crippen molar-refractivity contribution in [1.29, 1.82) is 0 Å². The molecule has 0 N–H and O–H groups in total. The maximum absolute atomic E-state index is 5.85. The van der Waals surface area contributed by atoms with Crippen LogP contribution >= 0.6 is 0 Å². The first kappa shape index (κ1) is 17.6. The summed E-state index contributed by atoms with van der Waals surface area (Å²) in [5, 5.41) is 0. The van der Waals surface area contributed by atoms with Gasteiger partial charge in [0.25, 0.3) is 0 Å². The molecule has 2 aromatic carbocycles. The van der Waals surface area contributed by atoms with Gasteiger partial charge < -0.3 is 9.47 Å². The second kappa shape index (κ2) is 9.36. The molecule has 0 spiro atoms. The maximum Gasteiger partial charge on any atom is 0.119 e. The third-order valence-corrected chi connectivity index (χ3v) is 3.91. The van der Waals surface area contributed by atoms with Gasteiger partial charge in [0, 0.05) is 6.61 Å². The van der Waals surface area contributed by atoms with Crippen molar-refractivity contribution < 1.29 is 9.47 Å². The maximum atomic E-state index is 5.85. The molecule has 2 rings (SSSR count). The number of unbranched alkanes of at least 4 members (excludes halogenated alkanes) is 1. The Morgan fingerprint density at radius 1 is 0.783 bits per heavy atom. The molecule has 0 saturated carbocycles. The summed E-state index contributed by atoms with van der Waals surface area (Å²) < 4.78 is 11.5. The van der Waals surface area contributed by atoms with Gasteiger partial charge in [0.1, 0.15) is 5.75 Å². The van der Waals surface area contributed by atoms with E-state index in [1.165, 1.54) is 23.1 Å². The molecular formula is C21H28O2. The molecule has 0 fully saturated rings. The fraction of sp³-hybridized carbons (Fsp3) is 0.429. The predicted octanol–water partition coefficient (Wildman–Crippen LogP) is 6.02. The first-order chi connectivity index (χ1) is 11.2. The molecule has 0 bridgehead atoms. The van der Waals surface area contributed by atoms with Crippen molar-refractivity contribution in [3.8, 4) is 16.9 Å². The van der Waals surface area contributed by atoms with Gasteiger partial charge in [0.15, 0.2) is 0 Å². The van der Waals surface area contributed by atoms with Crippen LogP contribution in [0.2, 0.25) is 0 Å². The van der Waals surface area contributed by atoms with Gasteiger partial charge in [0.2, 0.25) is 0 Å². The summed E-state index contributed by atoms with van der Waals surface area (Å²) in [5.74, 6) is 0.935. The average Bonchev–Trinajstić information content (AvgIpc) is 2.61. The Labute approximate surface area is 140 Å². The molecule has 1 atom stereocenters. The lowest BCUT2D eigenvalue weighted by Gasteiger charge is -2.14. The van der Waals surface area contributed by atoms with Gasteiger partial charge in [0.05, 0.1) is 12.7 Å². The molecule has 124 valence electrons. The highest BCUT2D eigenvalue weighted by Crippen LogP contribution is 2.25. The second-order valence-electron chi connectivity index (χ2n) is 5.86. The van der Waals surface area contributed by atoms with Crippen molar-refractivity contribution >= 4 is 0 Å². The van der Waals surface area contributed by atoms with Crippen molar-refractivity contribution in [2.45, 2.75) is 46.1 Å². The normalized spacial score (nSPS) is 12.1. The van der Waals surface area contributed by atoms with Crippen LogP contribution in [0.3, 0.4) is 0 Å². The van der Waals surface area contributed by atoms with E-state index in [4.69, 9.17) is 9.47 Å². The number of hydrogen-bond donors (Lipinski definition) is 0. The first-order valence-electron chi connectivity index (χ1n) is 8.69. The summed E-state index contributed by atoms with van der Waals surface area (Å²) in [6.07, 6.45) is 3.47. The lowest BCUT2D eigenvalue weighted by molar-refractivity contribution is 0.0637. The largest absolute Gasteiger partial charge is 0.494 e. The van der Waals surface area contributed by atoms with E-state index in [0.29, 0.717) is 0 Å². The fourth-order valence-electron chi connectivity index (χ4n) is 2.41. The number of hydrogen-bond acceptors (Lipinski definition) is 2. The average molecular weight is 312 g/mol. The Kier molecular flexibility index (Phi) is 7.15. The SMILES string of the molecule is CCCCOC(C)c1ccc(-c2ccc(OCCC)cc2)cc1. The van der Waals surface area contributed by atoms with Crippen LogP contribution < -0.4 is 4.74 Å². The van der Waals surface area contributed by atoms with Crippen LogP contribution in [0.5, 0.6) is 5.75 Å². The molecule has 2 nitrogen and oxygen atoms in total. The Bertz CT molecular complexity index is 557. The summed E-state index contributed by atoms with van der Waals surface area (Å²) in [6, 6.07) is 16.9. The molecule has 1 unspecified atom stereocenters. The van der Waals surface area contributed by atoms with Gasteiger partial charge in [-0.1, -0.05) is 56.7 Å². The standard InChI is InChI=1S/C21H28O2/c1-4-6-16-22-17(3)18-7-9-19(10-8-18)20-11-13-21(14-12-20)23-15-5-2/h7-14,17H,4-6,15-16H2,1-3H3. The summed E-state index contributed by atoms with van der Waals surface area (Å²) in [7, 11) is 0. The highest BCUT2D eigenvalue weighted by atomic mass is 16.5. The Hall–Kier alpha value is -1.80. The van der Waals surface area contributed by atoms with Gasteiger partial charge in [-0.05, 0) is 48.6 Å². The Morgan fingerprint density at radius 2 is 1.39 bits per heavy atom. The zero-order valence-electron chi connectivity index (χ0n) is 14.5. The van der Waals surface area contributed by atoms with Gasteiger partial charge in [-0.3, -0.25) is 0 Å². The predicted molar refractivity (Wildman–Crippen MR) is 96.9 cm³/mol. The molecule has 0 radical (unpaired) electrons. The van der Waals surface area contributed by atoms with E-state index in [1.54, 1.807) is 0 Å². The quantitative estimate of drug-likeness (QED) is 0.527. The van der Waals surface area contributed by atoms with E-state index in [9.17, 15) is 0 Å². The molecule has 23 heavy (non-hydrogen) atoms. The van der Waals surface area contributed by atoms with Crippen LogP contribution in [0, 0.1) is 0 Å². The third-order valence-electron chi connectivity index (χ3n) is 3.91. The summed E-state index contributed by atoms with van der Waals surface area (Å²) >= 11 is 0. The van der Waals surface area contributed by atoms with E-state index in [2.05, 4.69) is 57.2 Å². The van der Waals surface area contributed by atoms with E-state index in [1.807, 2.05) is 12.1 Å². The van der Waals surface area contributed by atoms with Crippen molar-refractivity contribution in [2.24, 2.45) is 0 Å². The zero-order valence-corrected chi connectivity index (χ0v) is 14.5. The minimum absolute atomic E-state index is 0.153. The minimum atomic E-state index is 0.153. The molecule has 0 aliphatic rings. The van der Waals surface area contributed by atoms with Gasteiger partial charge in [-0.25, -0.2) is 0 Å². The second-order valence-corrected chi connectivity index (χ2v) is 5.86. The minimum Gasteiger partial charge on any atom is -0.494 e. The van der Waals surface area contributed by atoms with E-state index in [-0.39, 0.29) is 6.10 Å². The summed E-state index contributed by atoms with van der Waals surface area (Å²) in [5.41, 5.74) is 3.66. The summed E-state index contributed by atoms with van der Waals surface area (Å²) in [4.78, 5) is 0. The smallest absolute Gasteiger partial charge is 0.119 e. The lowest BCUT2D eigenvalue weighted by Crippen LogP contribution is -2.01. The van der Waals surface area contributed by atoms with Crippen molar-refractivity contribution in [3.05, 3.63) is 54.1 Å². The third kappa shape index (κ3) is 5.40. The highest BCUT2D eigenvalue weighted by molar-refractivity contribution is 5.64. The fourth-order valence-corrected chi connectivity index (χ4v) is 2.41. The van der Waals surface area contributed by atoms with Crippen LogP contribution in [0.4, 0.5) is 0 Å². The van der Waals surface area contributed by atoms with Gasteiger partial charge >= 0.3 is 0 Å². The molecule has 2 heteroatoms. The first-order valence-corrected chi connectivity index (χ1v) is 8.69. The van der Waals surface area contributed by atoms with Crippen LogP contribution in [-0.4, -0.2) is 13.2 Å². The molecule has 0 heterocycles. The molecule has 2 aromatic rings. The molecule has 0 aliphatic heterocycles. The molecule has 0 aromatic heterocycles. The molecular weight excluding hydrogens is 284 g/mol. The van der Waals surface area contributed by atoms with Crippen molar-refractivity contribution in [3.63, 3.8) is 0 Å². The number of ether oxygens (including phenoxy) is 2. The molecule has 0 amide bonds. The van der Waals surface area contributed by atoms with Crippen molar-refractivity contribution in [2.75, 3.05) is 13.2 Å². The molecule has 0 saturated heterocycles. The van der Waals surface area contributed by atoms with Crippen LogP contribution in [0.1, 0.15) is 51.7 Å². The molecule has 0 aliphatic carbocycles. The van der Waals surface area contributed by atoms with Crippen LogP contribution in [0.15, 0.2) is 48.5 Å². The number of rotatable bonds is 9. The van der Waals surface area contributed by atoms with Crippen molar-refractivity contribution in [1.82, 2.24) is 0 Å². The Morgan fingerprint density at radius 3 is 1.96 bits per heavy atom.